The fraction of sp³-hybridized carbons (Fsp3) is 0.143. The van der Waals surface area contributed by atoms with Crippen molar-refractivity contribution in [1.29, 1.82) is 0 Å². The summed E-state index contributed by atoms with van der Waals surface area (Å²) in [5, 5.41) is 2.86. The minimum absolute atomic E-state index is 0.0429. The van der Waals surface area contributed by atoms with Crippen LogP contribution in [0.1, 0.15) is 5.56 Å². The lowest BCUT2D eigenvalue weighted by Crippen LogP contribution is -2.35. The molecule has 0 bridgehead atoms. The number of pyridine rings is 1. The second kappa shape index (κ2) is 4.70. The summed E-state index contributed by atoms with van der Waals surface area (Å²) in [5.41, 5.74) is 8.39. The number of hydrogen-bond acceptors (Lipinski definition) is 4. The largest absolute Gasteiger partial charge is 0.326 e. The number of carbonyl (C=O) groups excluding carboxylic acids is 1. The summed E-state index contributed by atoms with van der Waals surface area (Å²) >= 11 is 0. The first kappa shape index (κ1) is 11.7. The number of benzene rings is 1. The van der Waals surface area contributed by atoms with Gasteiger partial charge in [-0.15, -0.1) is 0 Å². The third-order valence-corrected chi connectivity index (χ3v) is 3.09. The molecule has 2 aromatic rings. The Morgan fingerprint density at radius 2 is 2.16 bits per heavy atom. The highest BCUT2D eigenvalue weighted by molar-refractivity contribution is 6.02. The number of anilines is 3. The molecule has 0 atom stereocenters. The smallest absolute Gasteiger partial charge is 0.244 e. The molecule has 0 unspecified atom stereocenters. The zero-order chi connectivity index (χ0) is 13.2. The molecule has 96 valence electrons. The quantitative estimate of drug-likeness (QED) is 0.854. The summed E-state index contributed by atoms with van der Waals surface area (Å²) in [4.78, 5) is 18.0. The van der Waals surface area contributed by atoms with Gasteiger partial charge in [-0.25, -0.2) is 4.98 Å². The van der Waals surface area contributed by atoms with Gasteiger partial charge in [0.25, 0.3) is 0 Å². The molecule has 1 aliphatic heterocycles. The highest BCUT2D eigenvalue weighted by atomic mass is 16.2. The number of aromatic nitrogens is 1. The molecule has 1 aromatic heterocycles. The van der Waals surface area contributed by atoms with Crippen LogP contribution in [0.3, 0.4) is 0 Å². The molecule has 0 fully saturated rings. The Morgan fingerprint density at radius 3 is 3.00 bits per heavy atom. The highest BCUT2D eigenvalue weighted by Crippen LogP contribution is 2.33. The van der Waals surface area contributed by atoms with Crippen molar-refractivity contribution < 1.29 is 4.79 Å². The van der Waals surface area contributed by atoms with Gasteiger partial charge in [0.15, 0.2) is 0 Å². The number of carbonyl (C=O) groups is 1. The zero-order valence-corrected chi connectivity index (χ0v) is 10.3. The maximum absolute atomic E-state index is 11.8. The van der Waals surface area contributed by atoms with Crippen molar-refractivity contribution >= 4 is 23.1 Å². The van der Waals surface area contributed by atoms with Crippen molar-refractivity contribution in [2.24, 2.45) is 5.73 Å². The number of fused-ring (bicyclic) bond motifs is 1. The van der Waals surface area contributed by atoms with E-state index < -0.39 is 0 Å². The topological polar surface area (TPSA) is 71.2 Å². The van der Waals surface area contributed by atoms with Crippen LogP contribution < -0.4 is 16.0 Å². The van der Waals surface area contributed by atoms with Crippen LogP contribution in [0.15, 0.2) is 42.6 Å². The molecule has 0 spiro atoms. The van der Waals surface area contributed by atoms with Gasteiger partial charge < -0.3 is 16.0 Å². The van der Waals surface area contributed by atoms with E-state index >= 15 is 0 Å². The van der Waals surface area contributed by atoms with Gasteiger partial charge in [-0.3, -0.25) is 4.79 Å². The predicted octanol–water partition coefficient (Wildman–Crippen LogP) is 1.63. The standard InChI is InChI=1S/C14H14N4O/c15-8-10-5-6-16-13(7-10)18-9-14(19)17-11-3-1-2-4-12(11)18/h1-7H,8-9,15H2,(H,17,19). The molecule has 0 radical (unpaired) electrons. The van der Waals surface area contributed by atoms with Gasteiger partial charge in [0, 0.05) is 12.7 Å². The minimum atomic E-state index is -0.0429. The fourth-order valence-corrected chi connectivity index (χ4v) is 2.17. The van der Waals surface area contributed by atoms with E-state index in [1.54, 1.807) is 6.20 Å². The van der Waals surface area contributed by atoms with E-state index in [1.165, 1.54) is 0 Å². The fourth-order valence-electron chi connectivity index (χ4n) is 2.17. The van der Waals surface area contributed by atoms with Crippen LogP contribution in [0.2, 0.25) is 0 Å². The lowest BCUT2D eigenvalue weighted by Gasteiger charge is -2.30. The summed E-state index contributed by atoms with van der Waals surface area (Å²) in [6.45, 7) is 0.718. The first-order valence-electron chi connectivity index (χ1n) is 6.09. The molecule has 1 aliphatic rings. The van der Waals surface area contributed by atoms with Gasteiger partial charge in [0.05, 0.1) is 11.4 Å². The molecule has 3 rings (SSSR count). The zero-order valence-electron chi connectivity index (χ0n) is 10.3. The third-order valence-electron chi connectivity index (χ3n) is 3.09. The minimum Gasteiger partial charge on any atom is -0.326 e. The normalized spacial score (nSPS) is 13.9. The van der Waals surface area contributed by atoms with E-state index in [9.17, 15) is 4.79 Å². The summed E-state index contributed by atoms with van der Waals surface area (Å²) in [5.74, 6) is 0.698. The Labute approximate surface area is 111 Å². The van der Waals surface area contributed by atoms with Crippen LogP contribution in [0.25, 0.3) is 0 Å². The molecule has 3 N–H and O–H groups in total. The molecule has 19 heavy (non-hydrogen) atoms. The van der Waals surface area contributed by atoms with Crippen LogP contribution in [-0.4, -0.2) is 17.4 Å². The molecular formula is C14H14N4O. The van der Waals surface area contributed by atoms with Crippen LogP contribution in [0.5, 0.6) is 0 Å². The van der Waals surface area contributed by atoms with Gasteiger partial charge in [0.1, 0.15) is 12.4 Å². The molecule has 5 heteroatoms. The van der Waals surface area contributed by atoms with E-state index in [4.69, 9.17) is 5.73 Å². The number of para-hydroxylation sites is 2. The average molecular weight is 254 g/mol. The lowest BCUT2D eigenvalue weighted by atomic mass is 10.1. The van der Waals surface area contributed by atoms with Gasteiger partial charge in [0.2, 0.25) is 5.91 Å². The van der Waals surface area contributed by atoms with Crippen molar-refractivity contribution in [1.82, 2.24) is 4.98 Å². The molecule has 5 nitrogen and oxygen atoms in total. The van der Waals surface area contributed by atoms with E-state index in [0.29, 0.717) is 6.54 Å². The van der Waals surface area contributed by atoms with Crippen LogP contribution in [-0.2, 0) is 11.3 Å². The molecule has 0 saturated heterocycles. The second-order valence-corrected chi connectivity index (χ2v) is 4.38. The highest BCUT2D eigenvalue weighted by Gasteiger charge is 2.23. The summed E-state index contributed by atoms with van der Waals surface area (Å²) in [6, 6.07) is 11.5. The Bertz CT molecular complexity index is 626. The average Bonchev–Trinajstić information content (AvgIpc) is 2.46. The van der Waals surface area contributed by atoms with Crippen molar-refractivity contribution in [2.75, 3.05) is 16.8 Å². The number of nitrogens with zero attached hydrogens (tertiary/aromatic N) is 2. The van der Waals surface area contributed by atoms with Crippen LogP contribution >= 0.6 is 0 Å². The molecule has 1 aromatic carbocycles. The van der Waals surface area contributed by atoms with Crippen molar-refractivity contribution in [3.8, 4) is 0 Å². The maximum Gasteiger partial charge on any atom is 0.244 e. The maximum atomic E-state index is 11.8. The van der Waals surface area contributed by atoms with Gasteiger partial charge >= 0.3 is 0 Å². The van der Waals surface area contributed by atoms with Crippen LogP contribution in [0.4, 0.5) is 17.2 Å². The summed E-state index contributed by atoms with van der Waals surface area (Å²) in [6.07, 6.45) is 1.71. The van der Waals surface area contributed by atoms with Crippen molar-refractivity contribution in [2.45, 2.75) is 6.54 Å². The van der Waals surface area contributed by atoms with Crippen molar-refractivity contribution in [3.05, 3.63) is 48.2 Å². The predicted molar refractivity (Wildman–Crippen MR) is 74.2 cm³/mol. The molecule has 0 saturated carbocycles. The Hall–Kier alpha value is -2.40. The van der Waals surface area contributed by atoms with Crippen molar-refractivity contribution in [3.63, 3.8) is 0 Å². The monoisotopic (exact) mass is 254 g/mol. The van der Waals surface area contributed by atoms with Gasteiger partial charge in [-0.05, 0) is 29.8 Å². The second-order valence-electron chi connectivity index (χ2n) is 4.38. The van der Waals surface area contributed by atoms with E-state index in [-0.39, 0.29) is 12.5 Å². The first-order valence-corrected chi connectivity index (χ1v) is 6.09. The Morgan fingerprint density at radius 1 is 1.32 bits per heavy atom. The van der Waals surface area contributed by atoms with Gasteiger partial charge in [-0.2, -0.15) is 0 Å². The number of amides is 1. The third kappa shape index (κ3) is 2.15. The Kier molecular flexibility index (Phi) is 2.89. The van der Waals surface area contributed by atoms with E-state index in [0.717, 1.165) is 22.8 Å². The lowest BCUT2D eigenvalue weighted by molar-refractivity contribution is -0.115. The number of nitrogens with two attached hydrogens (primary N) is 1. The van der Waals surface area contributed by atoms with E-state index in [1.807, 2.05) is 41.3 Å². The number of rotatable bonds is 2. The molecular weight excluding hydrogens is 240 g/mol. The number of nitrogens with one attached hydrogen (secondary N) is 1. The van der Waals surface area contributed by atoms with Gasteiger partial charge in [-0.1, -0.05) is 12.1 Å². The summed E-state index contributed by atoms with van der Waals surface area (Å²) in [7, 11) is 0. The molecule has 0 aliphatic carbocycles. The molecule has 2 heterocycles. The Balaban J connectivity index is 2.07. The van der Waals surface area contributed by atoms with E-state index in [2.05, 4.69) is 10.3 Å². The van der Waals surface area contributed by atoms with Crippen LogP contribution in [0, 0.1) is 0 Å². The SMILES string of the molecule is NCc1ccnc(N2CC(=O)Nc3ccccc32)c1. The number of hydrogen-bond donors (Lipinski definition) is 2. The molecule has 1 amide bonds. The summed E-state index contributed by atoms with van der Waals surface area (Å²) < 4.78 is 0. The first-order chi connectivity index (χ1) is 9.28.